The van der Waals surface area contributed by atoms with E-state index in [0.29, 0.717) is 38.8 Å². The van der Waals surface area contributed by atoms with Gasteiger partial charge in [-0.3, -0.25) is 4.79 Å². The molecule has 0 unspecified atom stereocenters. The quantitative estimate of drug-likeness (QED) is 0.428. The molecule has 152 valence electrons. The molecule has 0 aliphatic heterocycles. The van der Waals surface area contributed by atoms with Gasteiger partial charge in [-0.15, -0.1) is 10.2 Å². The first-order chi connectivity index (χ1) is 13.9. The zero-order valence-corrected chi connectivity index (χ0v) is 18.9. The van der Waals surface area contributed by atoms with Crippen molar-refractivity contribution < 1.29 is 4.79 Å². The van der Waals surface area contributed by atoms with Crippen molar-refractivity contribution in [1.29, 1.82) is 0 Å². The zero-order chi connectivity index (χ0) is 21.0. The second-order valence-electron chi connectivity index (χ2n) is 6.32. The molecule has 0 spiro atoms. The number of carbonyl (C=O) groups excluding carboxylic acids is 1. The van der Waals surface area contributed by atoms with Crippen LogP contribution >= 0.6 is 46.6 Å². The Morgan fingerprint density at radius 2 is 1.83 bits per heavy atom. The van der Waals surface area contributed by atoms with Crippen molar-refractivity contribution in [2.45, 2.75) is 37.3 Å². The number of nitrogens with zero attached hydrogens (tertiary/aromatic N) is 3. The van der Waals surface area contributed by atoms with E-state index in [1.54, 1.807) is 42.1 Å². The van der Waals surface area contributed by atoms with Gasteiger partial charge < -0.3 is 9.88 Å². The first kappa shape index (κ1) is 22.0. The Labute approximate surface area is 188 Å². The Kier molecular flexibility index (Phi) is 7.46. The molecule has 1 aromatic heterocycles. The second-order valence-corrected chi connectivity index (χ2v) is 8.52. The fourth-order valence-corrected chi connectivity index (χ4v) is 4.15. The first-order valence-electron chi connectivity index (χ1n) is 8.95. The van der Waals surface area contributed by atoms with E-state index in [-0.39, 0.29) is 11.9 Å². The zero-order valence-electron chi connectivity index (χ0n) is 15.8. The normalized spacial score (nSPS) is 12.0. The van der Waals surface area contributed by atoms with E-state index in [1.807, 2.05) is 30.5 Å². The molecule has 0 saturated carbocycles. The van der Waals surface area contributed by atoms with Crippen LogP contribution in [0.5, 0.6) is 0 Å². The number of thioether (sulfide) groups is 1. The van der Waals surface area contributed by atoms with Gasteiger partial charge in [0.2, 0.25) is 0 Å². The third kappa shape index (κ3) is 5.45. The molecule has 9 heteroatoms. The van der Waals surface area contributed by atoms with Crippen LogP contribution in [0.15, 0.2) is 47.6 Å². The molecule has 0 bridgehead atoms. The molecule has 1 atom stereocenters. The molecule has 3 aromatic rings. The average molecular weight is 470 g/mol. The summed E-state index contributed by atoms with van der Waals surface area (Å²) in [7, 11) is 0. The number of amides is 1. The smallest absolute Gasteiger partial charge is 0.251 e. The van der Waals surface area contributed by atoms with E-state index in [9.17, 15) is 4.79 Å². The molecule has 1 N–H and O–H groups in total. The van der Waals surface area contributed by atoms with Gasteiger partial charge in [-0.1, -0.05) is 52.6 Å². The van der Waals surface area contributed by atoms with Crippen molar-refractivity contribution in [2.75, 3.05) is 0 Å². The molecular formula is C20H19Cl3N4OS. The van der Waals surface area contributed by atoms with Gasteiger partial charge in [-0.2, -0.15) is 0 Å². The number of carbonyl (C=O) groups is 1. The molecule has 0 radical (unpaired) electrons. The van der Waals surface area contributed by atoms with Crippen LogP contribution in [0.25, 0.3) is 0 Å². The van der Waals surface area contributed by atoms with Gasteiger partial charge >= 0.3 is 0 Å². The summed E-state index contributed by atoms with van der Waals surface area (Å²) in [4.78, 5) is 12.5. The summed E-state index contributed by atoms with van der Waals surface area (Å²) in [5, 5.41) is 14.0. The Bertz CT molecular complexity index is 1010. The summed E-state index contributed by atoms with van der Waals surface area (Å²) in [6.45, 7) is 4.59. The lowest BCUT2D eigenvalue weighted by molar-refractivity contribution is 0.0937. The molecule has 0 aliphatic rings. The van der Waals surface area contributed by atoms with Crippen molar-refractivity contribution in [3.05, 3.63) is 74.5 Å². The van der Waals surface area contributed by atoms with E-state index in [2.05, 4.69) is 15.5 Å². The molecule has 0 aliphatic carbocycles. The first-order valence-corrected chi connectivity index (χ1v) is 11.1. The van der Waals surface area contributed by atoms with E-state index in [0.717, 1.165) is 10.7 Å². The Morgan fingerprint density at radius 3 is 2.48 bits per heavy atom. The number of nitrogens with one attached hydrogen (secondary N) is 1. The molecule has 3 rings (SSSR count). The molecule has 29 heavy (non-hydrogen) atoms. The minimum Gasteiger partial charge on any atom is -0.342 e. The van der Waals surface area contributed by atoms with E-state index >= 15 is 0 Å². The van der Waals surface area contributed by atoms with Crippen molar-refractivity contribution in [3.8, 4) is 0 Å². The van der Waals surface area contributed by atoms with Gasteiger partial charge in [0.05, 0.1) is 16.1 Å². The number of aromatic nitrogens is 3. The minimum absolute atomic E-state index is 0.190. The van der Waals surface area contributed by atoms with Crippen LogP contribution in [0.4, 0.5) is 0 Å². The van der Waals surface area contributed by atoms with Crippen LogP contribution in [0.1, 0.15) is 41.6 Å². The van der Waals surface area contributed by atoms with Crippen LogP contribution in [-0.4, -0.2) is 20.7 Å². The maximum absolute atomic E-state index is 12.5. The fraction of sp³-hybridized carbons (Fsp3) is 0.250. The predicted molar refractivity (Wildman–Crippen MR) is 119 cm³/mol. The highest BCUT2D eigenvalue weighted by Gasteiger charge is 2.19. The molecule has 0 fully saturated rings. The Balaban J connectivity index is 1.69. The Morgan fingerprint density at radius 1 is 1.10 bits per heavy atom. The van der Waals surface area contributed by atoms with Gasteiger partial charge in [0.1, 0.15) is 0 Å². The number of rotatable bonds is 7. The second kappa shape index (κ2) is 9.85. The number of hydrogen-bond donors (Lipinski definition) is 1. The lowest BCUT2D eigenvalue weighted by atomic mass is 10.2. The van der Waals surface area contributed by atoms with Gasteiger partial charge in [0.15, 0.2) is 11.0 Å². The van der Waals surface area contributed by atoms with Crippen molar-refractivity contribution in [1.82, 2.24) is 20.1 Å². The maximum atomic E-state index is 12.5. The van der Waals surface area contributed by atoms with E-state index in [1.165, 1.54) is 0 Å². The number of benzene rings is 2. The Hall–Kier alpha value is -1.73. The highest BCUT2D eigenvalue weighted by molar-refractivity contribution is 7.98. The van der Waals surface area contributed by atoms with Crippen LogP contribution in [0, 0.1) is 0 Å². The van der Waals surface area contributed by atoms with Crippen LogP contribution in [-0.2, 0) is 12.3 Å². The molecule has 2 aromatic carbocycles. The van der Waals surface area contributed by atoms with Gasteiger partial charge in [-0.05, 0) is 55.8 Å². The van der Waals surface area contributed by atoms with Crippen LogP contribution in [0.3, 0.4) is 0 Å². The third-order valence-electron chi connectivity index (χ3n) is 4.25. The number of halogens is 3. The largest absolute Gasteiger partial charge is 0.342 e. The van der Waals surface area contributed by atoms with E-state index in [4.69, 9.17) is 34.8 Å². The topological polar surface area (TPSA) is 59.8 Å². The van der Waals surface area contributed by atoms with Crippen LogP contribution in [0.2, 0.25) is 15.1 Å². The highest BCUT2D eigenvalue weighted by Crippen LogP contribution is 2.28. The standard InChI is InChI=1S/C20H19Cl3N4OS/c1-3-27-18(12(2)24-19(28)14-5-7-15(21)8-6-14)25-26-20(27)29-11-13-4-9-16(22)17(23)10-13/h4-10,12H,3,11H2,1-2H3,(H,24,28)/t12-/m0/s1. The number of hydrogen-bond acceptors (Lipinski definition) is 4. The summed E-state index contributed by atoms with van der Waals surface area (Å²) in [6.07, 6.45) is 0. The fourth-order valence-electron chi connectivity index (χ4n) is 2.75. The molecule has 1 amide bonds. The van der Waals surface area contributed by atoms with Gasteiger partial charge in [0.25, 0.3) is 5.91 Å². The highest BCUT2D eigenvalue weighted by atomic mass is 35.5. The molecule has 0 saturated heterocycles. The maximum Gasteiger partial charge on any atom is 0.251 e. The third-order valence-corrected chi connectivity index (χ3v) is 6.28. The van der Waals surface area contributed by atoms with Crippen molar-refractivity contribution in [3.63, 3.8) is 0 Å². The predicted octanol–water partition coefficient (Wildman–Crippen LogP) is 6.04. The van der Waals surface area contributed by atoms with E-state index < -0.39 is 0 Å². The monoisotopic (exact) mass is 468 g/mol. The van der Waals surface area contributed by atoms with Gasteiger partial charge in [-0.25, -0.2) is 0 Å². The van der Waals surface area contributed by atoms with Crippen molar-refractivity contribution in [2.24, 2.45) is 0 Å². The molecule has 5 nitrogen and oxygen atoms in total. The van der Waals surface area contributed by atoms with Crippen molar-refractivity contribution >= 4 is 52.5 Å². The summed E-state index contributed by atoms with van der Waals surface area (Å²) < 4.78 is 2.00. The SMILES string of the molecule is CCn1c(SCc2ccc(Cl)c(Cl)c2)nnc1[C@H](C)NC(=O)c1ccc(Cl)cc1. The summed E-state index contributed by atoms with van der Waals surface area (Å²) in [5.74, 6) is 1.19. The molecule has 1 heterocycles. The summed E-state index contributed by atoms with van der Waals surface area (Å²) in [6, 6.07) is 12.0. The summed E-state index contributed by atoms with van der Waals surface area (Å²) >= 11 is 19.5. The minimum atomic E-state index is -0.301. The average Bonchev–Trinajstić information content (AvgIpc) is 3.12. The lowest BCUT2D eigenvalue weighted by Gasteiger charge is -2.15. The van der Waals surface area contributed by atoms with Gasteiger partial charge in [0, 0.05) is 22.9 Å². The lowest BCUT2D eigenvalue weighted by Crippen LogP contribution is -2.28. The van der Waals surface area contributed by atoms with Crippen LogP contribution < -0.4 is 5.32 Å². The molecular weight excluding hydrogens is 451 g/mol. The summed E-state index contributed by atoms with van der Waals surface area (Å²) in [5.41, 5.74) is 1.58.